The van der Waals surface area contributed by atoms with Gasteiger partial charge in [-0.25, -0.2) is 4.39 Å². The molecule has 0 aliphatic carbocycles. The van der Waals surface area contributed by atoms with Gasteiger partial charge in [-0.15, -0.1) is 0 Å². The summed E-state index contributed by atoms with van der Waals surface area (Å²) in [6.07, 6.45) is 3.05. The fourth-order valence-electron chi connectivity index (χ4n) is 3.74. The number of halogens is 1. The molecule has 4 rings (SSSR count). The van der Waals surface area contributed by atoms with E-state index < -0.39 is 0 Å². The number of aryl methyl sites for hydroxylation is 1. The van der Waals surface area contributed by atoms with Crippen LogP contribution in [0.25, 0.3) is 10.9 Å². The van der Waals surface area contributed by atoms with E-state index in [-0.39, 0.29) is 11.7 Å². The average molecular weight is 416 g/mol. The fraction of sp³-hybridized carbons (Fsp3) is 0.192. The number of rotatable bonds is 8. The Morgan fingerprint density at radius 2 is 1.71 bits per heavy atom. The van der Waals surface area contributed by atoms with Crippen LogP contribution in [-0.4, -0.2) is 17.6 Å². The zero-order valence-corrected chi connectivity index (χ0v) is 17.5. The van der Waals surface area contributed by atoms with Gasteiger partial charge in [0.2, 0.25) is 5.91 Å². The third-order valence-corrected chi connectivity index (χ3v) is 5.44. The standard InChI is InChI=1S/C26H25FN2O2/c1-31-22-13-10-19(11-14-22)16-28-26(30)15-12-20-17-29(25-9-5-3-7-23(20)25)18-21-6-2-4-8-24(21)27/h2-11,13-14,17H,12,15-16,18H2,1H3,(H,28,30). The number of carbonyl (C=O) groups excluding carboxylic acids is 1. The van der Waals surface area contributed by atoms with Crippen molar-refractivity contribution in [2.75, 3.05) is 7.11 Å². The molecule has 1 N–H and O–H groups in total. The number of nitrogens with zero attached hydrogens (tertiary/aromatic N) is 1. The van der Waals surface area contributed by atoms with Gasteiger partial charge in [-0.05, 0) is 41.8 Å². The van der Waals surface area contributed by atoms with Crippen molar-refractivity contribution >= 4 is 16.8 Å². The molecule has 0 aliphatic rings. The van der Waals surface area contributed by atoms with Gasteiger partial charge in [0.15, 0.2) is 0 Å². The van der Waals surface area contributed by atoms with Crippen LogP contribution in [0.4, 0.5) is 4.39 Å². The first-order chi connectivity index (χ1) is 15.1. The Balaban J connectivity index is 1.42. The molecule has 0 saturated heterocycles. The number of hydrogen-bond donors (Lipinski definition) is 1. The highest BCUT2D eigenvalue weighted by Crippen LogP contribution is 2.24. The normalized spacial score (nSPS) is 10.9. The number of carbonyl (C=O) groups is 1. The average Bonchev–Trinajstić information content (AvgIpc) is 3.15. The van der Waals surface area contributed by atoms with Crippen LogP contribution >= 0.6 is 0 Å². The first-order valence-corrected chi connectivity index (χ1v) is 10.3. The Morgan fingerprint density at radius 3 is 2.48 bits per heavy atom. The highest BCUT2D eigenvalue weighted by molar-refractivity contribution is 5.85. The van der Waals surface area contributed by atoms with E-state index >= 15 is 0 Å². The molecule has 0 unspecified atom stereocenters. The molecule has 1 heterocycles. The lowest BCUT2D eigenvalue weighted by Gasteiger charge is -2.06. The second-order valence-corrected chi connectivity index (χ2v) is 7.52. The number of fused-ring (bicyclic) bond motifs is 1. The molecular weight excluding hydrogens is 391 g/mol. The molecular formula is C26H25FN2O2. The van der Waals surface area contributed by atoms with Crippen LogP contribution < -0.4 is 10.1 Å². The number of nitrogens with one attached hydrogen (secondary N) is 1. The Bertz CT molecular complexity index is 1180. The maximum Gasteiger partial charge on any atom is 0.220 e. The summed E-state index contributed by atoms with van der Waals surface area (Å²) in [6, 6.07) is 22.5. The van der Waals surface area contributed by atoms with Gasteiger partial charge in [0.1, 0.15) is 11.6 Å². The lowest BCUT2D eigenvalue weighted by Crippen LogP contribution is -2.22. The van der Waals surface area contributed by atoms with Crippen LogP contribution in [-0.2, 0) is 24.3 Å². The van der Waals surface area contributed by atoms with Gasteiger partial charge < -0.3 is 14.6 Å². The number of aromatic nitrogens is 1. The van der Waals surface area contributed by atoms with Gasteiger partial charge in [0.25, 0.3) is 0 Å². The zero-order chi connectivity index (χ0) is 21.6. The third kappa shape index (κ3) is 4.94. The lowest BCUT2D eigenvalue weighted by molar-refractivity contribution is -0.121. The highest BCUT2D eigenvalue weighted by atomic mass is 19.1. The van der Waals surface area contributed by atoms with E-state index in [1.165, 1.54) is 6.07 Å². The van der Waals surface area contributed by atoms with Gasteiger partial charge in [0.05, 0.1) is 13.7 Å². The number of methoxy groups -OCH3 is 1. The predicted octanol–water partition coefficient (Wildman–Crippen LogP) is 5.09. The van der Waals surface area contributed by atoms with Crippen LogP contribution in [0, 0.1) is 5.82 Å². The van der Waals surface area contributed by atoms with Crippen LogP contribution in [0.5, 0.6) is 5.75 Å². The minimum absolute atomic E-state index is 0.00162. The minimum Gasteiger partial charge on any atom is -0.497 e. The smallest absolute Gasteiger partial charge is 0.220 e. The Kier molecular flexibility index (Phi) is 6.32. The number of amides is 1. The molecule has 4 nitrogen and oxygen atoms in total. The maximum absolute atomic E-state index is 14.1. The van der Waals surface area contributed by atoms with Gasteiger partial charge in [-0.3, -0.25) is 4.79 Å². The first kappa shape index (κ1) is 20.7. The summed E-state index contributed by atoms with van der Waals surface area (Å²) in [5.74, 6) is 0.586. The molecule has 1 amide bonds. The van der Waals surface area contributed by atoms with Gasteiger partial charge in [-0.2, -0.15) is 0 Å². The zero-order valence-electron chi connectivity index (χ0n) is 17.5. The quantitative estimate of drug-likeness (QED) is 0.435. The van der Waals surface area contributed by atoms with E-state index in [1.54, 1.807) is 19.2 Å². The van der Waals surface area contributed by atoms with Crippen LogP contribution in [0.1, 0.15) is 23.1 Å². The number of para-hydroxylation sites is 1. The van der Waals surface area contributed by atoms with Crippen molar-refractivity contribution in [1.82, 2.24) is 9.88 Å². The summed E-state index contributed by atoms with van der Waals surface area (Å²) in [6.45, 7) is 0.939. The Morgan fingerprint density at radius 1 is 0.968 bits per heavy atom. The van der Waals surface area contributed by atoms with Gasteiger partial charge in [-0.1, -0.05) is 48.5 Å². The van der Waals surface area contributed by atoms with E-state index in [9.17, 15) is 9.18 Å². The Labute approximate surface area is 181 Å². The van der Waals surface area contributed by atoms with Crippen molar-refractivity contribution in [3.63, 3.8) is 0 Å². The van der Waals surface area contributed by atoms with Crippen LogP contribution in [0.3, 0.4) is 0 Å². The molecule has 0 saturated carbocycles. The molecule has 3 aromatic carbocycles. The molecule has 4 aromatic rings. The second-order valence-electron chi connectivity index (χ2n) is 7.52. The SMILES string of the molecule is COc1ccc(CNC(=O)CCc2cn(Cc3ccccc3F)c3ccccc23)cc1. The molecule has 31 heavy (non-hydrogen) atoms. The predicted molar refractivity (Wildman–Crippen MR) is 121 cm³/mol. The molecule has 1 aromatic heterocycles. The van der Waals surface area contributed by atoms with E-state index in [0.717, 1.165) is 27.8 Å². The van der Waals surface area contributed by atoms with Crippen molar-refractivity contribution in [2.24, 2.45) is 0 Å². The Hall–Kier alpha value is -3.60. The topological polar surface area (TPSA) is 43.3 Å². The van der Waals surface area contributed by atoms with Crippen LogP contribution in [0.15, 0.2) is 79.0 Å². The molecule has 0 radical (unpaired) electrons. The molecule has 0 aliphatic heterocycles. The van der Waals surface area contributed by atoms with Crippen molar-refractivity contribution in [3.05, 3.63) is 102 Å². The largest absolute Gasteiger partial charge is 0.497 e. The summed E-state index contributed by atoms with van der Waals surface area (Å²) >= 11 is 0. The highest BCUT2D eigenvalue weighted by Gasteiger charge is 2.12. The van der Waals surface area contributed by atoms with E-state index in [0.29, 0.717) is 31.5 Å². The summed E-state index contributed by atoms with van der Waals surface area (Å²) in [7, 11) is 1.63. The summed E-state index contributed by atoms with van der Waals surface area (Å²) in [4.78, 5) is 12.4. The van der Waals surface area contributed by atoms with Crippen LogP contribution in [0.2, 0.25) is 0 Å². The second kappa shape index (κ2) is 9.47. The van der Waals surface area contributed by atoms with Crippen molar-refractivity contribution in [3.8, 4) is 5.75 Å². The molecule has 0 fully saturated rings. The summed E-state index contributed by atoms with van der Waals surface area (Å²) in [5, 5.41) is 4.07. The maximum atomic E-state index is 14.1. The van der Waals surface area contributed by atoms with E-state index in [2.05, 4.69) is 16.0 Å². The lowest BCUT2D eigenvalue weighted by atomic mass is 10.1. The fourth-order valence-corrected chi connectivity index (χ4v) is 3.74. The minimum atomic E-state index is -0.209. The first-order valence-electron chi connectivity index (χ1n) is 10.3. The summed E-state index contributed by atoms with van der Waals surface area (Å²) < 4.78 is 21.3. The molecule has 0 spiro atoms. The van der Waals surface area contributed by atoms with Crippen molar-refractivity contribution < 1.29 is 13.9 Å². The summed E-state index contributed by atoms with van der Waals surface area (Å²) in [5.41, 5.74) is 3.80. The van der Waals surface area contributed by atoms with Gasteiger partial charge >= 0.3 is 0 Å². The monoisotopic (exact) mass is 416 g/mol. The van der Waals surface area contributed by atoms with Gasteiger partial charge in [0, 0.05) is 35.6 Å². The molecule has 0 bridgehead atoms. The number of benzene rings is 3. The van der Waals surface area contributed by atoms with Crippen molar-refractivity contribution in [2.45, 2.75) is 25.9 Å². The van der Waals surface area contributed by atoms with E-state index in [4.69, 9.17) is 4.74 Å². The molecule has 0 atom stereocenters. The molecule has 5 heteroatoms. The molecule has 158 valence electrons. The third-order valence-electron chi connectivity index (χ3n) is 5.44. The number of ether oxygens (including phenoxy) is 1. The van der Waals surface area contributed by atoms with E-state index in [1.807, 2.05) is 54.7 Å². The van der Waals surface area contributed by atoms with Crippen molar-refractivity contribution in [1.29, 1.82) is 0 Å². The number of hydrogen-bond acceptors (Lipinski definition) is 2.